The molecule has 7 heteroatoms. The quantitative estimate of drug-likeness (QED) is 0.630. The number of carboxylic acids is 1. The second-order valence-electron chi connectivity index (χ2n) is 7.91. The van der Waals surface area contributed by atoms with Crippen LogP contribution < -0.4 is 4.74 Å². The Labute approximate surface area is 182 Å². The van der Waals surface area contributed by atoms with Gasteiger partial charge in [0.25, 0.3) is 0 Å². The summed E-state index contributed by atoms with van der Waals surface area (Å²) in [7, 11) is -2.76. The van der Waals surface area contributed by atoms with E-state index in [4.69, 9.17) is 4.74 Å². The number of piperidine rings is 1. The minimum Gasteiger partial charge on any atom is -0.495 e. The Hall–Kier alpha value is -2.90. The lowest BCUT2D eigenvalue weighted by molar-refractivity contribution is -0.141. The molecule has 0 spiro atoms. The molecule has 162 valence electrons. The number of rotatable bonds is 6. The van der Waals surface area contributed by atoms with Gasteiger partial charge in [-0.2, -0.15) is 0 Å². The van der Waals surface area contributed by atoms with Gasteiger partial charge in [0.2, 0.25) is 0 Å². The molecule has 0 aliphatic carbocycles. The molecule has 1 aliphatic heterocycles. The molecular formula is C24H25NO5S. The molecule has 0 atom stereocenters. The number of hydrogen-bond acceptors (Lipinski definition) is 5. The molecule has 0 radical (unpaired) electrons. The third-order valence-corrected chi connectivity index (χ3v) is 8.67. The zero-order chi connectivity index (χ0) is 22.1. The van der Waals surface area contributed by atoms with E-state index in [1.807, 2.05) is 12.1 Å². The zero-order valence-electron chi connectivity index (χ0n) is 17.3. The first-order valence-corrected chi connectivity index (χ1v) is 11.7. The first kappa shape index (κ1) is 21.3. The second kappa shape index (κ2) is 8.32. The van der Waals surface area contributed by atoms with E-state index in [2.05, 4.69) is 35.2 Å². The summed E-state index contributed by atoms with van der Waals surface area (Å²) >= 11 is 0. The minimum atomic E-state index is -4.14. The molecule has 1 saturated heterocycles. The van der Waals surface area contributed by atoms with Crippen LogP contribution in [-0.2, 0) is 21.2 Å². The van der Waals surface area contributed by atoms with Crippen molar-refractivity contribution >= 4 is 26.6 Å². The number of methoxy groups -OCH3 is 1. The first-order valence-electron chi connectivity index (χ1n) is 10.2. The molecule has 3 aromatic carbocycles. The predicted molar refractivity (Wildman–Crippen MR) is 119 cm³/mol. The van der Waals surface area contributed by atoms with Crippen LogP contribution in [0.5, 0.6) is 5.75 Å². The summed E-state index contributed by atoms with van der Waals surface area (Å²) in [4.78, 5) is 14.3. The number of sulfone groups is 1. The van der Waals surface area contributed by atoms with Crippen molar-refractivity contribution in [1.82, 2.24) is 4.90 Å². The van der Waals surface area contributed by atoms with Gasteiger partial charge in [-0.05, 0) is 47.4 Å². The lowest BCUT2D eigenvalue weighted by atomic mass is 9.95. The largest absolute Gasteiger partial charge is 0.495 e. The number of carboxylic acid groups (broad SMARTS) is 1. The van der Waals surface area contributed by atoms with Gasteiger partial charge >= 0.3 is 5.97 Å². The van der Waals surface area contributed by atoms with E-state index in [1.54, 1.807) is 12.1 Å². The lowest BCUT2D eigenvalue weighted by Crippen LogP contribution is -2.54. The highest BCUT2D eigenvalue weighted by atomic mass is 32.2. The van der Waals surface area contributed by atoms with Crippen molar-refractivity contribution in [2.45, 2.75) is 29.0 Å². The molecule has 0 aromatic heterocycles. The molecule has 6 nitrogen and oxygen atoms in total. The highest BCUT2D eigenvalue weighted by molar-refractivity contribution is 7.93. The summed E-state index contributed by atoms with van der Waals surface area (Å²) in [6, 6.07) is 20.6. The van der Waals surface area contributed by atoms with Crippen molar-refractivity contribution in [3.05, 3.63) is 72.3 Å². The number of ether oxygens (including phenoxy) is 1. The number of para-hydroxylation sites is 1. The van der Waals surface area contributed by atoms with Crippen molar-refractivity contribution in [3.8, 4) is 5.75 Å². The molecule has 1 fully saturated rings. The molecular weight excluding hydrogens is 414 g/mol. The van der Waals surface area contributed by atoms with E-state index in [0.29, 0.717) is 19.6 Å². The number of aliphatic carboxylic acids is 1. The van der Waals surface area contributed by atoms with Crippen molar-refractivity contribution in [2.75, 3.05) is 20.2 Å². The molecule has 0 saturated carbocycles. The van der Waals surface area contributed by atoms with Gasteiger partial charge in [0.05, 0.1) is 7.11 Å². The van der Waals surface area contributed by atoms with Gasteiger partial charge in [0.1, 0.15) is 10.6 Å². The first-order chi connectivity index (χ1) is 14.9. The van der Waals surface area contributed by atoms with Crippen LogP contribution in [0, 0.1) is 0 Å². The summed E-state index contributed by atoms with van der Waals surface area (Å²) in [5, 5.41) is 12.3. The van der Waals surface area contributed by atoms with Gasteiger partial charge in [0, 0.05) is 19.6 Å². The Bertz CT molecular complexity index is 1210. The van der Waals surface area contributed by atoms with Crippen LogP contribution in [0.1, 0.15) is 18.4 Å². The van der Waals surface area contributed by atoms with Crippen LogP contribution in [0.3, 0.4) is 0 Å². The predicted octanol–water partition coefficient (Wildman–Crippen LogP) is 3.74. The molecule has 31 heavy (non-hydrogen) atoms. The number of fused-ring (bicyclic) bond motifs is 1. The summed E-state index contributed by atoms with van der Waals surface area (Å²) in [6.45, 7) is 1.41. The van der Waals surface area contributed by atoms with Crippen LogP contribution in [0.15, 0.2) is 71.6 Å². The smallest absolute Gasteiger partial charge is 0.325 e. The minimum absolute atomic E-state index is 0.0241. The lowest BCUT2D eigenvalue weighted by Gasteiger charge is -2.38. The van der Waals surface area contributed by atoms with Crippen LogP contribution in [0.25, 0.3) is 10.8 Å². The van der Waals surface area contributed by atoms with Gasteiger partial charge in [0.15, 0.2) is 14.6 Å². The number of likely N-dealkylation sites (tertiary alicyclic amines) is 1. The zero-order valence-corrected chi connectivity index (χ0v) is 18.1. The summed E-state index contributed by atoms with van der Waals surface area (Å²) in [5.41, 5.74) is 1.12. The van der Waals surface area contributed by atoms with Crippen molar-refractivity contribution in [2.24, 2.45) is 0 Å². The average Bonchev–Trinajstić information content (AvgIpc) is 2.79. The molecule has 0 amide bonds. The molecule has 1 N–H and O–H groups in total. The van der Waals surface area contributed by atoms with E-state index >= 15 is 0 Å². The average molecular weight is 440 g/mol. The summed E-state index contributed by atoms with van der Waals surface area (Å²) < 4.78 is 30.3. The highest BCUT2D eigenvalue weighted by Gasteiger charge is 2.54. The van der Waals surface area contributed by atoms with Gasteiger partial charge in [-0.1, -0.05) is 48.5 Å². The standard InChI is InChI=1S/C24H25NO5S/c1-30-21-8-4-5-9-22(21)31(28,29)24(23(26)27)12-14-25(15-13-24)17-18-10-11-19-6-2-3-7-20(19)16-18/h2-11,16H,12-15,17H2,1H3,(H,26,27). The van der Waals surface area contributed by atoms with Gasteiger partial charge < -0.3 is 9.84 Å². The molecule has 0 bridgehead atoms. The monoisotopic (exact) mass is 439 g/mol. The number of hydrogen-bond donors (Lipinski definition) is 1. The Balaban J connectivity index is 1.56. The van der Waals surface area contributed by atoms with E-state index in [-0.39, 0.29) is 23.5 Å². The fourth-order valence-electron chi connectivity index (χ4n) is 4.32. The Morgan fingerprint density at radius 1 is 1.00 bits per heavy atom. The molecule has 3 aromatic rings. The Morgan fingerprint density at radius 2 is 1.65 bits per heavy atom. The van der Waals surface area contributed by atoms with E-state index in [1.165, 1.54) is 19.2 Å². The van der Waals surface area contributed by atoms with E-state index in [9.17, 15) is 18.3 Å². The van der Waals surface area contributed by atoms with Gasteiger partial charge in [-0.3, -0.25) is 9.69 Å². The van der Waals surface area contributed by atoms with Crippen LogP contribution in [0.2, 0.25) is 0 Å². The maximum Gasteiger partial charge on any atom is 0.325 e. The van der Waals surface area contributed by atoms with Crippen molar-refractivity contribution in [1.29, 1.82) is 0 Å². The fourth-order valence-corrected chi connectivity index (χ4v) is 6.36. The van der Waals surface area contributed by atoms with Crippen LogP contribution in [0.4, 0.5) is 0 Å². The number of nitrogens with zero attached hydrogens (tertiary/aromatic N) is 1. The van der Waals surface area contributed by atoms with Crippen molar-refractivity contribution < 1.29 is 23.1 Å². The molecule has 0 unspecified atom stereocenters. The maximum atomic E-state index is 13.5. The Morgan fingerprint density at radius 3 is 2.32 bits per heavy atom. The van der Waals surface area contributed by atoms with Gasteiger partial charge in [-0.25, -0.2) is 8.42 Å². The number of carbonyl (C=O) groups is 1. The van der Waals surface area contributed by atoms with E-state index < -0.39 is 20.6 Å². The summed E-state index contributed by atoms with van der Waals surface area (Å²) in [6.07, 6.45) is 0.0482. The molecule has 1 aliphatic rings. The topological polar surface area (TPSA) is 83.9 Å². The van der Waals surface area contributed by atoms with Crippen molar-refractivity contribution in [3.63, 3.8) is 0 Å². The van der Waals surface area contributed by atoms with Crippen LogP contribution >= 0.6 is 0 Å². The maximum absolute atomic E-state index is 13.5. The molecule has 1 heterocycles. The third-order valence-electron chi connectivity index (χ3n) is 6.15. The molecule has 4 rings (SSSR count). The second-order valence-corrected chi connectivity index (χ2v) is 10.1. The van der Waals surface area contributed by atoms with Crippen LogP contribution in [-0.4, -0.2) is 49.3 Å². The third kappa shape index (κ3) is 3.79. The summed E-state index contributed by atoms with van der Waals surface area (Å²) in [5.74, 6) is -1.13. The SMILES string of the molecule is COc1ccccc1S(=O)(=O)C1(C(=O)O)CCN(Cc2ccc3ccccc3c2)CC1. The highest BCUT2D eigenvalue weighted by Crippen LogP contribution is 2.39. The Kier molecular flexibility index (Phi) is 5.73. The van der Waals surface area contributed by atoms with Gasteiger partial charge in [-0.15, -0.1) is 0 Å². The number of benzene rings is 3. The van der Waals surface area contributed by atoms with E-state index in [0.717, 1.165) is 16.3 Å². The normalized spacial score (nSPS) is 16.8. The fraction of sp³-hybridized carbons (Fsp3) is 0.292.